The third kappa shape index (κ3) is 3.20. The fraction of sp³-hybridized carbons (Fsp3) is 0.200. The van der Waals surface area contributed by atoms with Crippen LogP contribution in [-0.4, -0.2) is 22.5 Å². The number of benzene rings is 2. The smallest absolute Gasteiger partial charge is 0.351 e. The van der Waals surface area contributed by atoms with Crippen LogP contribution < -0.4 is 0 Å². The molecule has 7 heteroatoms. The Bertz CT molecular complexity index is 950. The fourth-order valence-electron chi connectivity index (χ4n) is 3.47. The molecule has 1 atom stereocenters. The van der Waals surface area contributed by atoms with Crippen molar-refractivity contribution in [3.8, 4) is 0 Å². The predicted molar refractivity (Wildman–Crippen MR) is 91.0 cm³/mol. The fourth-order valence-corrected chi connectivity index (χ4v) is 3.47. The molecule has 3 aromatic rings. The van der Waals surface area contributed by atoms with Gasteiger partial charge in [0.05, 0.1) is 17.8 Å². The Kier molecular flexibility index (Phi) is 4.22. The van der Waals surface area contributed by atoms with Gasteiger partial charge in [-0.3, -0.25) is 4.79 Å². The summed E-state index contributed by atoms with van der Waals surface area (Å²) >= 11 is 0. The summed E-state index contributed by atoms with van der Waals surface area (Å²) in [5.41, 5.74) is 1.87. The SMILES string of the molecule is O=C(c1ccno1)N1CCc2ccccc2[C@H]1c1ccc(C(F)(F)F)cc1. The lowest BCUT2D eigenvalue weighted by Gasteiger charge is -2.37. The van der Waals surface area contributed by atoms with Crippen LogP contribution in [0, 0.1) is 0 Å². The van der Waals surface area contributed by atoms with Crippen molar-refractivity contribution in [1.82, 2.24) is 10.1 Å². The molecule has 0 bridgehead atoms. The van der Waals surface area contributed by atoms with Gasteiger partial charge in [0.25, 0.3) is 5.91 Å². The first-order valence-corrected chi connectivity index (χ1v) is 8.42. The number of nitrogens with zero attached hydrogens (tertiary/aromatic N) is 2. The molecule has 1 aromatic heterocycles. The van der Waals surface area contributed by atoms with Gasteiger partial charge >= 0.3 is 6.18 Å². The maximum atomic E-state index is 12.9. The molecule has 138 valence electrons. The molecular weight excluding hydrogens is 357 g/mol. The van der Waals surface area contributed by atoms with Crippen molar-refractivity contribution in [3.05, 3.63) is 88.8 Å². The molecule has 0 saturated heterocycles. The van der Waals surface area contributed by atoms with Crippen LogP contribution in [0.25, 0.3) is 0 Å². The van der Waals surface area contributed by atoms with Gasteiger partial charge in [-0.1, -0.05) is 41.6 Å². The summed E-state index contributed by atoms with van der Waals surface area (Å²) in [6, 6.07) is 13.6. The van der Waals surface area contributed by atoms with Gasteiger partial charge < -0.3 is 9.42 Å². The highest BCUT2D eigenvalue weighted by Gasteiger charge is 2.35. The summed E-state index contributed by atoms with van der Waals surface area (Å²) in [5, 5.41) is 3.57. The molecule has 0 saturated carbocycles. The maximum absolute atomic E-state index is 12.9. The Balaban J connectivity index is 1.78. The van der Waals surface area contributed by atoms with Crippen LogP contribution in [0.4, 0.5) is 13.2 Å². The zero-order chi connectivity index (χ0) is 19.0. The van der Waals surface area contributed by atoms with Crippen molar-refractivity contribution in [1.29, 1.82) is 0 Å². The number of hydrogen-bond acceptors (Lipinski definition) is 3. The van der Waals surface area contributed by atoms with E-state index in [9.17, 15) is 18.0 Å². The molecule has 0 aliphatic carbocycles. The average Bonchev–Trinajstić information content (AvgIpc) is 3.21. The van der Waals surface area contributed by atoms with E-state index in [1.807, 2.05) is 24.3 Å². The van der Waals surface area contributed by atoms with Crippen LogP contribution in [0.1, 0.15) is 38.9 Å². The van der Waals surface area contributed by atoms with Crippen LogP contribution >= 0.6 is 0 Å². The molecule has 27 heavy (non-hydrogen) atoms. The van der Waals surface area contributed by atoms with Gasteiger partial charge in [0.1, 0.15) is 0 Å². The summed E-state index contributed by atoms with van der Waals surface area (Å²) in [6.45, 7) is 0.433. The second-order valence-electron chi connectivity index (χ2n) is 6.35. The van der Waals surface area contributed by atoms with Crippen molar-refractivity contribution in [3.63, 3.8) is 0 Å². The lowest BCUT2D eigenvalue weighted by atomic mass is 9.87. The number of alkyl halides is 3. The molecule has 0 unspecified atom stereocenters. The molecule has 1 aliphatic heterocycles. The van der Waals surface area contributed by atoms with E-state index in [1.165, 1.54) is 24.4 Å². The molecule has 1 aliphatic rings. The van der Waals surface area contributed by atoms with Crippen molar-refractivity contribution < 1.29 is 22.5 Å². The number of halogens is 3. The molecule has 0 fully saturated rings. The quantitative estimate of drug-likeness (QED) is 0.666. The predicted octanol–water partition coefficient (Wildman–Crippen LogP) is 4.48. The first kappa shape index (κ1) is 17.3. The third-order valence-electron chi connectivity index (χ3n) is 4.75. The number of fused-ring (bicyclic) bond motifs is 1. The van der Waals surface area contributed by atoms with E-state index in [1.54, 1.807) is 4.90 Å². The molecule has 1 amide bonds. The highest BCUT2D eigenvalue weighted by atomic mass is 19.4. The Labute approximate surface area is 153 Å². The van der Waals surface area contributed by atoms with Crippen LogP contribution in [0.3, 0.4) is 0 Å². The maximum Gasteiger partial charge on any atom is 0.416 e. The number of rotatable bonds is 2. The van der Waals surface area contributed by atoms with Crippen molar-refractivity contribution in [2.24, 2.45) is 0 Å². The first-order chi connectivity index (χ1) is 12.9. The van der Waals surface area contributed by atoms with E-state index in [2.05, 4.69) is 5.16 Å². The number of carbonyl (C=O) groups is 1. The first-order valence-electron chi connectivity index (χ1n) is 8.42. The van der Waals surface area contributed by atoms with E-state index in [0.717, 1.165) is 23.3 Å². The molecule has 0 spiro atoms. The summed E-state index contributed by atoms with van der Waals surface area (Å²) in [4.78, 5) is 14.5. The average molecular weight is 372 g/mol. The Hall–Kier alpha value is -3.09. The topological polar surface area (TPSA) is 46.3 Å². The van der Waals surface area contributed by atoms with Gasteiger partial charge in [0, 0.05) is 12.6 Å². The van der Waals surface area contributed by atoms with Crippen LogP contribution in [0.5, 0.6) is 0 Å². The Morgan fingerprint density at radius 2 is 1.81 bits per heavy atom. The van der Waals surface area contributed by atoms with E-state index < -0.39 is 17.8 Å². The van der Waals surface area contributed by atoms with E-state index >= 15 is 0 Å². The summed E-state index contributed by atoms with van der Waals surface area (Å²) in [7, 11) is 0. The number of aromatic nitrogens is 1. The standard InChI is InChI=1S/C20H15F3N2O2/c21-20(22,23)15-7-5-14(6-8-15)18-16-4-2-1-3-13(16)10-12-25(18)19(26)17-9-11-24-27-17/h1-9,11,18H,10,12H2/t18-/m1/s1. The summed E-state index contributed by atoms with van der Waals surface area (Å²) in [5.74, 6) is -0.238. The van der Waals surface area contributed by atoms with E-state index in [4.69, 9.17) is 4.52 Å². The normalized spacial score (nSPS) is 16.9. The van der Waals surface area contributed by atoms with Gasteiger partial charge in [-0.25, -0.2) is 0 Å². The minimum Gasteiger partial charge on any atom is -0.351 e. The highest BCUT2D eigenvalue weighted by Crippen LogP contribution is 2.37. The van der Waals surface area contributed by atoms with Crippen LogP contribution in [0.2, 0.25) is 0 Å². The second-order valence-corrected chi connectivity index (χ2v) is 6.35. The van der Waals surface area contributed by atoms with E-state index in [0.29, 0.717) is 18.5 Å². The Morgan fingerprint density at radius 1 is 1.07 bits per heavy atom. The lowest BCUT2D eigenvalue weighted by Crippen LogP contribution is -2.40. The highest BCUT2D eigenvalue weighted by molar-refractivity contribution is 5.92. The molecule has 2 heterocycles. The van der Waals surface area contributed by atoms with Gasteiger partial charge in [-0.2, -0.15) is 13.2 Å². The zero-order valence-corrected chi connectivity index (χ0v) is 14.1. The van der Waals surface area contributed by atoms with E-state index in [-0.39, 0.29) is 11.7 Å². The van der Waals surface area contributed by atoms with Crippen molar-refractivity contribution in [2.45, 2.75) is 18.6 Å². The van der Waals surface area contributed by atoms with Gasteiger partial charge in [-0.15, -0.1) is 0 Å². The monoisotopic (exact) mass is 372 g/mol. The van der Waals surface area contributed by atoms with Gasteiger partial charge in [-0.05, 0) is 35.2 Å². The van der Waals surface area contributed by atoms with Crippen LogP contribution in [-0.2, 0) is 12.6 Å². The minimum absolute atomic E-state index is 0.103. The summed E-state index contributed by atoms with van der Waals surface area (Å²) in [6.07, 6.45) is -2.36. The van der Waals surface area contributed by atoms with Crippen molar-refractivity contribution in [2.75, 3.05) is 6.54 Å². The molecule has 4 rings (SSSR count). The summed E-state index contributed by atoms with van der Waals surface area (Å²) < 4.78 is 43.7. The number of amides is 1. The van der Waals surface area contributed by atoms with Gasteiger partial charge in [0.15, 0.2) is 0 Å². The minimum atomic E-state index is -4.40. The molecule has 0 N–H and O–H groups in total. The van der Waals surface area contributed by atoms with Crippen LogP contribution in [0.15, 0.2) is 65.3 Å². The number of hydrogen-bond donors (Lipinski definition) is 0. The Morgan fingerprint density at radius 3 is 2.48 bits per heavy atom. The molecule has 0 radical (unpaired) electrons. The molecule has 4 nitrogen and oxygen atoms in total. The molecule has 2 aromatic carbocycles. The largest absolute Gasteiger partial charge is 0.416 e. The van der Waals surface area contributed by atoms with Crippen molar-refractivity contribution >= 4 is 5.91 Å². The zero-order valence-electron chi connectivity index (χ0n) is 14.1. The molecular formula is C20H15F3N2O2. The number of carbonyl (C=O) groups excluding carboxylic acids is 1. The lowest BCUT2D eigenvalue weighted by molar-refractivity contribution is -0.137. The van der Waals surface area contributed by atoms with Gasteiger partial charge in [0.2, 0.25) is 5.76 Å². The third-order valence-corrected chi connectivity index (χ3v) is 4.75. The second kappa shape index (κ2) is 6.57.